The normalized spacial score (nSPS) is 25.4. The highest BCUT2D eigenvalue weighted by Gasteiger charge is 2.24. The molecule has 0 aliphatic carbocycles. The standard InChI is InChI=1S/C12H16N2O2/c15-11-6-7-13-12(16)14-10(11)8-9-4-2-1-3-5-9/h1-5,10-11,15H,6-8H2,(H2,13,14,16). The predicted molar refractivity (Wildman–Crippen MR) is 61.1 cm³/mol. The number of carbonyl (C=O) groups excluding carboxylic acids is 1. The number of carbonyl (C=O) groups is 1. The second kappa shape index (κ2) is 4.99. The minimum Gasteiger partial charge on any atom is -0.391 e. The van der Waals surface area contributed by atoms with Gasteiger partial charge in [0.05, 0.1) is 12.1 Å². The fraction of sp³-hybridized carbons (Fsp3) is 0.417. The molecule has 1 aliphatic heterocycles. The number of hydrogen-bond acceptors (Lipinski definition) is 2. The van der Waals surface area contributed by atoms with Gasteiger partial charge in [-0.15, -0.1) is 0 Å². The monoisotopic (exact) mass is 220 g/mol. The maximum absolute atomic E-state index is 11.3. The van der Waals surface area contributed by atoms with E-state index in [0.29, 0.717) is 19.4 Å². The molecule has 0 bridgehead atoms. The number of nitrogens with one attached hydrogen (secondary N) is 2. The van der Waals surface area contributed by atoms with Crippen LogP contribution < -0.4 is 10.6 Å². The second-order valence-electron chi connectivity index (χ2n) is 4.05. The van der Waals surface area contributed by atoms with Crippen LogP contribution in [0.25, 0.3) is 0 Å². The van der Waals surface area contributed by atoms with Gasteiger partial charge in [-0.3, -0.25) is 0 Å². The highest BCUT2D eigenvalue weighted by Crippen LogP contribution is 2.09. The van der Waals surface area contributed by atoms with Gasteiger partial charge >= 0.3 is 6.03 Å². The zero-order chi connectivity index (χ0) is 11.4. The van der Waals surface area contributed by atoms with Crippen molar-refractivity contribution >= 4 is 6.03 Å². The lowest BCUT2D eigenvalue weighted by Gasteiger charge is -2.20. The average molecular weight is 220 g/mol. The predicted octanol–water partition coefficient (Wildman–Crippen LogP) is 0.661. The maximum Gasteiger partial charge on any atom is 0.315 e. The molecule has 0 aromatic heterocycles. The van der Waals surface area contributed by atoms with Crippen LogP contribution in [0.4, 0.5) is 4.79 Å². The Morgan fingerprint density at radius 2 is 2.06 bits per heavy atom. The number of urea groups is 1. The van der Waals surface area contributed by atoms with E-state index in [1.165, 1.54) is 0 Å². The highest BCUT2D eigenvalue weighted by molar-refractivity contribution is 5.74. The molecular formula is C12H16N2O2. The molecule has 86 valence electrons. The van der Waals surface area contributed by atoms with Crippen molar-refractivity contribution in [3.8, 4) is 0 Å². The summed E-state index contributed by atoms with van der Waals surface area (Å²) in [4.78, 5) is 11.3. The molecule has 1 aromatic rings. The molecule has 0 spiro atoms. The van der Waals surface area contributed by atoms with E-state index in [4.69, 9.17) is 0 Å². The van der Waals surface area contributed by atoms with Gasteiger partial charge in [0.15, 0.2) is 0 Å². The third kappa shape index (κ3) is 2.73. The summed E-state index contributed by atoms with van der Waals surface area (Å²) in [7, 11) is 0. The Morgan fingerprint density at radius 1 is 1.31 bits per heavy atom. The van der Waals surface area contributed by atoms with Crippen molar-refractivity contribution in [1.29, 1.82) is 0 Å². The Labute approximate surface area is 94.7 Å². The Balaban J connectivity index is 2.04. The molecule has 2 amide bonds. The van der Waals surface area contributed by atoms with Crippen LogP contribution in [0.3, 0.4) is 0 Å². The Hall–Kier alpha value is -1.55. The zero-order valence-electron chi connectivity index (χ0n) is 9.02. The minimum absolute atomic E-state index is 0.197. The lowest BCUT2D eigenvalue weighted by molar-refractivity contribution is 0.130. The molecule has 0 saturated carbocycles. The van der Waals surface area contributed by atoms with Crippen LogP contribution in [-0.4, -0.2) is 29.8 Å². The smallest absolute Gasteiger partial charge is 0.315 e. The zero-order valence-corrected chi connectivity index (χ0v) is 9.02. The summed E-state index contributed by atoms with van der Waals surface area (Å²) >= 11 is 0. The molecule has 4 nitrogen and oxygen atoms in total. The molecule has 16 heavy (non-hydrogen) atoms. The summed E-state index contributed by atoms with van der Waals surface area (Å²) in [6.45, 7) is 0.526. The quantitative estimate of drug-likeness (QED) is 0.685. The third-order valence-corrected chi connectivity index (χ3v) is 2.81. The first-order valence-electron chi connectivity index (χ1n) is 5.52. The van der Waals surface area contributed by atoms with E-state index in [-0.39, 0.29) is 12.1 Å². The van der Waals surface area contributed by atoms with Crippen molar-refractivity contribution in [1.82, 2.24) is 10.6 Å². The lowest BCUT2D eigenvalue weighted by Crippen LogP contribution is -2.44. The van der Waals surface area contributed by atoms with Crippen LogP contribution in [0, 0.1) is 0 Å². The molecule has 1 aromatic carbocycles. The minimum atomic E-state index is -0.487. The van der Waals surface area contributed by atoms with Crippen molar-refractivity contribution in [3.63, 3.8) is 0 Å². The van der Waals surface area contributed by atoms with Gasteiger partial charge in [0.25, 0.3) is 0 Å². The summed E-state index contributed by atoms with van der Waals surface area (Å²) in [6, 6.07) is 9.46. The van der Waals surface area contributed by atoms with Crippen LogP contribution in [0.2, 0.25) is 0 Å². The molecule has 1 saturated heterocycles. The molecule has 4 heteroatoms. The van der Waals surface area contributed by atoms with E-state index in [2.05, 4.69) is 10.6 Å². The van der Waals surface area contributed by atoms with Gasteiger partial charge in [0.1, 0.15) is 0 Å². The van der Waals surface area contributed by atoms with Crippen molar-refractivity contribution in [3.05, 3.63) is 35.9 Å². The first kappa shape index (κ1) is 11.0. The molecule has 2 rings (SSSR count). The SMILES string of the molecule is O=C1NCCC(O)C(Cc2ccccc2)N1. The van der Waals surface area contributed by atoms with Gasteiger partial charge in [-0.2, -0.15) is 0 Å². The number of benzene rings is 1. The summed E-state index contributed by atoms with van der Waals surface area (Å²) in [5.74, 6) is 0. The fourth-order valence-electron chi connectivity index (χ4n) is 1.91. The van der Waals surface area contributed by atoms with Crippen LogP contribution in [0.15, 0.2) is 30.3 Å². The van der Waals surface area contributed by atoms with E-state index < -0.39 is 6.10 Å². The van der Waals surface area contributed by atoms with Crippen molar-refractivity contribution in [2.75, 3.05) is 6.54 Å². The Kier molecular flexibility index (Phi) is 3.41. The molecule has 0 radical (unpaired) electrons. The topological polar surface area (TPSA) is 61.4 Å². The van der Waals surface area contributed by atoms with Gasteiger partial charge in [0, 0.05) is 6.54 Å². The van der Waals surface area contributed by atoms with Crippen LogP contribution in [0.5, 0.6) is 0 Å². The molecule has 1 heterocycles. The molecule has 1 aliphatic rings. The number of amides is 2. The third-order valence-electron chi connectivity index (χ3n) is 2.81. The summed E-state index contributed by atoms with van der Waals surface area (Å²) in [5.41, 5.74) is 1.12. The fourth-order valence-corrected chi connectivity index (χ4v) is 1.91. The largest absolute Gasteiger partial charge is 0.391 e. The lowest BCUT2D eigenvalue weighted by atomic mass is 10.00. The summed E-state index contributed by atoms with van der Waals surface area (Å²) in [6.07, 6.45) is 0.769. The number of aliphatic hydroxyl groups is 1. The van der Waals surface area contributed by atoms with Gasteiger partial charge in [-0.1, -0.05) is 30.3 Å². The van der Waals surface area contributed by atoms with E-state index in [9.17, 15) is 9.90 Å². The van der Waals surface area contributed by atoms with Crippen molar-refractivity contribution < 1.29 is 9.90 Å². The summed E-state index contributed by atoms with van der Waals surface area (Å²) in [5, 5.41) is 15.3. The molecule has 3 N–H and O–H groups in total. The number of rotatable bonds is 2. The van der Waals surface area contributed by atoms with E-state index >= 15 is 0 Å². The summed E-state index contributed by atoms with van der Waals surface area (Å²) < 4.78 is 0. The van der Waals surface area contributed by atoms with Crippen LogP contribution >= 0.6 is 0 Å². The van der Waals surface area contributed by atoms with Gasteiger partial charge in [0.2, 0.25) is 0 Å². The van der Waals surface area contributed by atoms with Crippen LogP contribution in [-0.2, 0) is 6.42 Å². The average Bonchev–Trinajstić information content (AvgIpc) is 2.43. The Bertz CT molecular complexity index is 353. The molecule has 1 fully saturated rings. The maximum atomic E-state index is 11.3. The van der Waals surface area contributed by atoms with Gasteiger partial charge < -0.3 is 15.7 Å². The Morgan fingerprint density at radius 3 is 2.81 bits per heavy atom. The van der Waals surface area contributed by atoms with Gasteiger partial charge in [-0.25, -0.2) is 4.79 Å². The molecular weight excluding hydrogens is 204 g/mol. The highest BCUT2D eigenvalue weighted by atomic mass is 16.3. The van der Waals surface area contributed by atoms with E-state index in [1.807, 2.05) is 30.3 Å². The van der Waals surface area contributed by atoms with Crippen LogP contribution in [0.1, 0.15) is 12.0 Å². The van der Waals surface area contributed by atoms with Crippen molar-refractivity contribution in [2.45, 2.75) is 25.0 Å². The van der Waals surface area contributed by atoms with Gasteiger partial charge in [-0.05, 0) is 18.4 Å². The molecule has 2 unspecified atom stereocenters. The van der Waals surface area contributed by atoms with E-state index in [1.54, 1.807) is 0 Å². The van der Waals surface area contributed by atoms with E-state index in [0.717, 1.165) is 5.56 Å². The first-order valence-corrected chi connectivity index (χ1v) is 5.52. The first-order chi connectivity index (χ1) is 7.75. The number of hydrogen-bond donors (Lipinski definition) is 3. The van der Waals surface area contributed by atoms with Crippen molar-refractivity contribution in [2.24, 2.45) is 0 Å². The number of aliphatic hydroxyl groups excluding tert-OH is 1. The second-order valence-corrected chi connectivity index (χ2v) is 4.05. The molecule has 2 atom stereocenters.